The molecule has 2 unspecified atom stereocenters. The lowest BCUT2D eigenvalue weighted by molar-refractivity contribution is -0.138. The molecule has 2 aromatic rings. The Labute approximate surface area is 150 Å². The van der Waals surface area contributed by atoms with E-state index in [1.165, 1.54) is 24.3 Å². The lowest BCUT2D eigenvalue weighted by atomic mass is 9.97. The van der Waals surface area contributed by atoms with Crippen molar-refractivity contribution < 1.29 is 19.1 Å². The minimum Gasteiger partial charge on any atom is -0.481 e. The Bertz CT molecular complexity index is 749. The van der Waals surface area contributed by atoms with E-state index in [2.05, 4.69) is 5.32 Å². The van der Waals surface area contributed by atoms with Crippen LogP contribution >= 0.6 is 11.6 Å². The molecule has 2 N–H and O–H groups in total. The number of aliphatic carboxylic acids is 1. The van der Waals surface area contributed by atoms with Gasteiger partial charge in [0.15, 0.2) is 0 Å². The summed E-state index contributed by atoms with van der Waals surface area (Å²) in [6.45, 7) is 1.69. The Morgan fingerprint density at radius 2 is 1.80 bits per heavy atom. The van der Waals surface area contributed by atoms with Crippen LogP contribution in [0.4, 0.5) is 4.39 Å². The maximum atomic E-state index is 13.0. The van der Waals surface area contributed by atoms with Crippen molar-refractivity contribution in [3.63, 3.8) is 0 Å². The standard InChI is InChI=1S/C19H19ClFNO3/c1-12(10-14-4-2-3-5-17(14)20)18(23)22-11-16(19(24)25)13-6-8-15(21)9-7-13/h2-9,12,16H,10-11H2,1H3,(H,22,23)(H,24,25). The van der Waals surface area contributed by atoms with Crippen molar-refractivity contribution in [2.75, 3.05) is 6.54 Å². The van der Waals surface area contributed by atoms with Crippen LogP contribution in [-0.4, -0.2) is 23.5 Å². The molecule has 2 aromatic carbocycles. The predicted molar refractivity (Wildman–Crippen MR) is 94.1 cm³/mol. The topological polar surface area (TPSA) is 66.4 Å². The monoisotopic (exact) mass is 363 g/mol. The molecule has 0 heterocycles. The quantitative estimate of drug-likeness (QED) is 0.789. The summed E-state index contributed by atoms with van der Waals surface area (Å²) in [5.41, 5.74) is 1.30. The molecule has 2 rings (SSSR count). The molecule has 1 amide bonds. The normalized spacial score (nSPS) is 13.1. The van der Waals surface area contributed by atoms with Crippen molar-refractivity contribution in [1.29, 1.82) is 0 Å². The van der Waals surface area contributed by atoms with Crippen LogP contribution in [0, 0.1) is 11.7 Å². The zero-order valence-corrected chi connectivity index (χ0v) is 14.5. The summed E-state index contributed by atoms with van der Waals surface area (Å²) < 4.78 is 13.0. The van der Waals surface area contributed by atoms with Gasteiger partial charge in [0.1, 0.15) is 5.82 Å². The highest BCUT2D eigenvalue weighted by molar-refractivity contribution is 6.31. The van der Waals surface area contributed by atoms with E-state index in [1.807, 2.05) is 18.2 Å². The number of hydrogen-bond donors (Lipinski definition) is 2. The minimum atomic E-state index is -1.08. The van der Waals surface area contributed by atoms with Gasteiger partial charge in [-0.1, -0.05) is 48.9 Å². The van der Waals surface area contributed by atoms with Gasteiger partial charge in [-0.2, -0.15) is 0 Å². The number of carboxylic acid groups (broad SMARTS) is 1. The fourth-order valence-corrected chi connectivity index (χ4v) is 2.72. The van der Waals surface area contributed by atoms with Crippen LogP contribution in [0.15, 0.2) is 48.5 Å². The molecule has 0 radical (unpaired) electrons. The predicted octanol–water partition coefficient (Wildman–Crippen LogP) is 3.64. The van der Waals surface area contributed by atoms with Crippen LogP contribution in [0.2, 0.25) is 5.02 Å². The third-order valence-corrected chi connectivity index (χ3v) is 4.35. The lowest BCUT2D eigenvalue weighted by Crippen LogP contribution is -2.35. The summed E-state index contributed by atoms with van der Waals surface area (Å²) in [5, 5.41) is 12.6. The van der Waals surface area contributed by atoms with Crippen molar-refractivity contribution in [2.45, 2.75) is 19.3 Å². The van der Waals surface area contributed by atoms with Crippen LogP contribution in [0.25, 0.3) is 0 Å². The fourth-order valence-electron chi connectivity index (χ4n) is 2.51. The van der Waals surface area contributed by atoms with Gasteiger partial charge in [0.25, 0.3) is 0 Å². The van der Waals surface area contributed by atoms with Crippen LogP contribution in [0.3, 0.4) is 0 Å². The van der Waals surface area contributed by atoms with Crippen molar-refractivity contribution in [3.8, 4) is 0 Å². The van der Waals surface area contributed by atoms with E-state index >= 15 is 0 Å². The van der Waals surface area contributed by atoms with Crippen LogP contribution in [0.5, 0.6) is 0 Å². The van der Waals surface area contributed by atoms with Gasteiger partial charge in [0.2, 0.25) is 5.91 Å². The van der Waals surface area contributed by atoms with Gasteiger partial charge in [-0.05, 0) is 35.7 Å². The molecule has 0 aliphatic heterocycles. The number of carboxylic acids is 1. The molecule has 0 bridgehead atoms. The molecule has 132 valence electrons. The zero-order valence-electron chi connectivity index (χ0n) is 13.7. The Kier molecular flexibility index (Phi) is 6.53. The van der Waals surface area contributed by atoms with Gasteiger partial charge in [-0.25, -0.2) is 4.39 Å². The summed E-state index contributed by atoms with van der Waals surface area (Å²) in [4.78, 5) is 23.7. The van der Waals surface area contributed by atoms with E-state index in [-0.39, 0.29) is 18.4 Å². The molecule has 0 aliphatic rings. The molecular formula is C19H19ClFNO3. The van der Waals surface area contributed by atoms with Gasteiger partial charge in [0.05, 0.1) is 5.92 Å². The van der Waals surface area contributed by atoms with Gasteiger partial charge in [-0.15, -0.1) is 0 Å². The minimum absolute atomic E-state index is 0.0628. The van der Waals surface area contributed by atoms with Crippen molar-refractivity contribution in [1.82, 2.24) is 5.32 Å². The molecule has 0 spiro atoms. The number of amides is 1. The lowest BCUT2D eigenvalue weighted by Gasteiger charge is -2.17. The van der Waals surface area contributed by atoms with Gasteiger partial charge in [-0.3, -0.25) is 9.59 Å². The second-order valence-electron chi connectivity index (χ2n) is 5.88. The van der Waals surface area contributed by atoms with Crippen molar-refractivity contribution in [3.05, 3.63) is 70.5 Å². The third-order valence-electron chi connectivity index (χ3n) is 3.98. The number of nitrogens with one attached hydrogen (secondary N) is 1. The van der Waals surface area contributed by atoms with Crippen LogP contribution < -0.4 is 5.32 Å². The van der Waals surface area contributed by atoms with E-state index in [1.54, 1.807) is 13.0 Å². The molecule has 2 atom stereocenters. The first-order valence-electron chi connectivity index (χ1n) is 7.88. The fraction of sp³-hybridized carbons (Fsp3) is 0.263. The molecule has 25 heavy (non-hydrogen) atoms. The molecular weight excluding hydrogens is 345 g/mol. The first-order chi connectivity index (χ1) is 11.9. The van der Waals surface area contributed by atoms with E-state index in [0.29, 0.717) is 17.0 Å². The van der Waals surface area contributed by atoms with Crippen molar-refractivity contribution in [2.24, 2.45) is 5.92 Å². The Hall–Kier alpha value is -2.40. The number of carbonyl (C=O) groups excluding carboxylic acids is 1. The van der Waals surface area contributed by atoms with E-state index in [9.17, 15) is 19.1 Å². The second kappa shape index (κ2) is 8.62. The van der Waals surface area contributed by atoms with Crippen LogP contribution in [-0.2, 0) is 16.0 Å². The van der Waals surface area contributed by atoms with Gasteiger partial charge >= 0.3 is 5.97 Å². The highest BCUT2D eigenvalue weighted by atomic mass is 35.5. The average Bonchev–Trinajstić information content (AvgIpc) is 2.58. The van der Waals surface area contributed by atoms with Crippen LogP contribution in [0.1, 0.15) is 24.0 Å². The largest absolute Gasteiger partial charge is 0.481 e. The van der Waals surface area contributed by atoms with E-state index < -0.39 is 17.7 Å². The third kappa shape index (κ3) is 5.29. The number of rotatable bonds is 7. The highest BCUT2D eigenvalue weighted by Crippen LogP contribution is 2.20. The Morgan fingerprint density at radius 1 is 1.16 bits per heavy atom. The SMILES string of the molecule is CC(Cc1ccccc1Cl)C(=O)NCC(C(=O)O)c1ccc(F)cc1. The number of benzene rings is 2. The summed E-state index contributed by atoms with van der Waals surface area (Å²) >= 11 is 6.09. The van der Waals surface area contributed by atoms with Gasteiger partial charge in [0, 0.05) is 17.5 Å². The Morgan fingerprint density at radius 3 is 2.40 bits per heavy atom. The number of hydrogen-bond acceptors (Lipinski definition) is 2. The first kappa shape index (κ1) is 18.9. The Balaban J connectivity index is 1.97. The van der Waals surface area contributed by atoms with E-state index in [4.69, 9.17) is 11.6 Å². The molecule has 0 aliphatic carbocycles. The molecule has 0 aromatic heterocycles. The van der Waals surface area contributed by atoms with E-state index in [0.717, 1.165) is 5.56 Å². The molecule has 0 fully saturated rings. The smallest absolute Gasteiger partial charge is 0.312 e. The molecule has 0 saturated heterocycles. The molecule has 4 nitrogen and oxygen atoms in total. The summed E-state index contributed by atoms with van der Waals surface area (Å²) in [6.07, 6.45) is 0.458. The second-order valence-corrected chi connectivity index (χ2v) is 6.29. The summed E-state index contributed by atoms with van der Waals surface area (Å²) in [5.74, 6) is -3.07. The maximum absolute atomic E-state index is 13.0. The maximum Gasteiger partial charge on any atom is 0.312 e. The summed E-state index contributed by atoms with van der Waals surface area (Å²) in [6, 6.07) is 12.5. The zero-order chi connectivity index (χ0) is 18.4. The highest BCUT2D eigenvalue weighted by Gasteiger charge is 2.22. The number of halogens is 2. The first-order valence-corrected chi connectivity index (χ1v) is 8.25. The molecule has 6 heteroatoms. The number of carbonyl (C=O) groups is 2. The van der Waals surface area contributed by atoms with Crippen molar-refractivity contribution >= 4 is 23.5 Å². The van der Waals surface area contributed by atoms with Gasteiger partial charge < -0.3 is 10.4 Å². The summed E-state index contributed by atoms with van der Waals surface area (Å²) in [7, 11) is 0. The average molecular weight is 364 g/mol. The molecule has 0 saturated carbocycles.